The highest BCUT2D eigenvalue weighted by Gasteiger charge is 2.16. The third-order valence-electron chi connectivity index (χ3n) is 2.39. The van der Waals surface area contributed by atoms with Gasteiger partial charge in [-0.15, -0.1) is 11.3 Å². The van der Waals surface area contributed by atoms with Crippen LogP contribution in [0, 0.1) is 19.7 Å². The molecule has 2 aromatic rings. The van der Waals surface area contributed by atoms with E-state index in [0.29, 0.717) is 10.6 Å². The van der Waals surface area contributed by atoms with Gasteiger partial charge in [-0.25, -0.2) is 9.37 Å². The van der Waals surface area contributed by atoms with E-state index in [2.05, 4.69) is 10.3 Å². The number of carbonyl (C=O) groups is 1. The van der Waals surface area contributed by atoms with Gasteiger partial charge in [0.05, 0.1) is 16.4 Å². The summed E-state index contributed by atoms with van der Waals surface area (Å²) in [4.78, 5) is 16.6. The van der Waals surface area contributed by atoms with Gasteiger partial charge < -0.3 is 11.1 Å². The number of nitrogens with one attached hydrogen (secondary N) is 1. The summed E-state index contributed by atoms with van der Waals surface area (Å²) in [5.74, 6) is -0.947. The molecule has 0 aliphatic rings. The Balaban J connectivity index is 2.30. The van der Waals surface area contributed by atoms with Crippen LogP contribution in [-0.4, -0.2) is 10.9 Å². The Morgan fingerprint density at radius 3 is 2.72 bits per heavy atom. The van der Waals surface area contributed by atoms with Crippen molar-refractivity contribution in [1.82, 2.24) is 4.98 Å². The number of benzene rings is 1. The Bertz CT molecular complexity index is 589. The number of amides is 1. The fourth-order valence-corrected chi connectivity index (χ4v) is 2.40. The topological polar surface area (TPSA) is 68.0 Å². The zero-order chi connectivity index (χ0) is 13.3. The summed E-state index contributed by atoms with van der Waals surface area (Å²) in [6.07, 6.45) is 0. The van der Waals surface area contributed by atoms with Crippen molar-refractivity contribution >= 4 is 28.6 Å². The average molecular weight is 265 g/mol. The van der Waals surface area contributed by atoms with E-state index in [1.54, 1.807) is 6.92 Å². The van der Waals surface area contributed by atoms with E-state index in [-0.39, 0.29) is 11.4 Å². The van der Waals surface area contributed by atoms with Gasteiger partial charge in [0.25, 0.3) is 5.91 Å². The maximum Gasteiger partial charge on any atom is 0.267 e. The van der Waals surface area contributed by atoms with Crippen LogP contribution in [0.3, 0.4) is 0 Å². The van der Waals surface area contributed by atoms with Gasteiger partial charge in [-0.1, -0.05) is 6.07 Å². The first kappa shape index (κ1) is 12.5. The second-order valence-electron chi connectivity index (χ2n) is 3.81. The Kier molecular flexibility index (Phi) is 3.29. The number of hydrogen-bond acceptors (Lipinski definition) is 4. The van der Waals surface area contributed by atoms with Gasteiger partial charge in [-0.2, -0.15) is 0 Å². The normalized spacial score (nSPS) is 10.4. The molecular weight excluding hydrogens is 253 g/mol. The van der Waals surface area contributed by atoms with E-state index < -0.39 is 11.7 Å². The molecular formula is C12H12FN3OS. The van der Waals surface area contributed by atoms with Crippen LogP contribution in [-0.2, 0) is 0 Å². The summed E-state index contributed by atoms with van der Waals surface area (Å²) in [6, 6.07) is 4.27. The van der Waals surface area contributed by atoms with Gasteiger partial charge in [-0.3, -0.25) is 4.79 Å². The van der Waals surface area contributed by atoms with Gasteiger partial charge in [0.2, 0.25) is 0 Å². The summed E-state index contributed by atoms with van der Waals surface area (Å²) < 4.78 is 13.5. The van der Waals surface area contributed by atoms with E-state index in [9.17, 15) is 9.18 Å². The predicted molar refractivity (Wildman–Crippen MR) is 70.4 cm³/mol. The van der Waals surface area contributed by atoms with Crippen molar-refractivity contribution in [3.8, 4) is 0 Å². The molecule has 1 heterocycles. The first-order chi connectivity index (χ1) is 8.49. The highest BCUT2D eigenvalue weighted by Crippen LogP contribution is 2.24. The minimum atomic E-state index is -0.553. The van der Waals surface area contributed by atoms with Crippen molar-refractivity contribution in [1.29, 1.82) is 0 Å². The van der Waals surface area contributed by atoms with E-state index >= 15 is 0 Å². The molecule has 0 fully saturated rings. The lowest BCUT2D eigenvalue weighted by molar-refractivity contribution is 0.102. The molecule has 4 nitrogen and oxygen atoms in total. The number of anilines is 2. The molecule has 1 aromatic carbocycles. The van der Waals surface area contributed by atoms with Crippen LogP contribution in [0.25, 0.3) is 0 Å². The monoisotopic (exact) mass is 265 g/mol. The standard InChI is InChI=1S/C12H12FN3OS/c1-6-11(18-7(2)15-6)12(17)16-10-8(13)4-3-5-9(10)14/h3-5H,14H2,1-2H3,(H,16,17). The molecule has 1 aromatic heterocycles. The highest BCUT2D eigenvalue weighted by atomic mass is 32.1. The van der Waals surface area contributed by atoms with Crippen molar-refractivity contribution in [2.24, 2.45) is 0 Å². The minimum absolute atomic E-state index is 0.00736. The molecule has 0 saturated heterocycles. The predicted octanol–water partition coefficient (Wildman–Crippen LogP) is 2.73. The molecule has 3 N–H and O–H groups in total. The lowest BCUT2D eigenvalue weighted by Gasteiger charge is -2.08. The van der Waals surface area contributed by atoms with Crippen LogP contribution in [0.4, 0.5) is 15.8 Å². The number of hydrogen-bond donors (Lipinski definition) is 2. The average Bonchev–Trinajstić information content (AvgIpc) is 2.63. The van der Waals surface area contributed by atoms with Crippen molar-refractivity contribution in [2.45, 2.75) is 13.8 Å². The zero-order valence-corrected chi connectivity index (χ0v) is 10.8. The van der Waals surface area contributed by atoms with Crippen LogP contribution in [0.2, 0.25) is 0 Å². The number of rotatable bonds is 2. The number of para-hydroxylation sites is 1. The number of carbonyl (C=O) groups excluding carboxylic acids is 1. The number of thiazole rings is 1. The molecule has 0 bridgehead atoms. The van der Waals surface area contributed by atoms with Crippen molar-refractivity contribution in [3.63, 3.8) is 0 Å². The van der Waals surface area contributed by atoms with Gasteiger partial charge in [0.1, 0.15) is 16.4 Å². The molecule has 2 rings (SSSR count). The molecule has 0 unspecified atom stereocenters. The molecule has 0 spiro atoms. The summed E-state index contributed by atoms with van der Waals surface area (Å²) in [5.41, 5.74) is 6.46. The lowest BCUT2D eigenvalue weighted by Crippen LogP contribution is -2.14. The molecule has 0 aliphatic heterocycles. The molecule has 6 heteroatoms. The Hall–Kier alpha value is -1.95. The largest absolute Gasteiger partial charge is 0.397 e. The van der Waals surface area contributed by atoms with Gasteiger partial charge in [-0.05, 0) is 26.0 Å². The van der Waals surface area contributed by atoms with Crippen LogP contribution >= 0.6 is 11.3 Å². The van der Waals surface area contributed by atoms with Crippen molar-refractivity contribution in [2.75, 3.05) is 11.1 Å². The Morgan fingerprint density at radius 2 is 2.17 bits per heavy atom. The SMILES string of the molecule is Cc1nc(C)c(C(=O)Nc2c(N)cccc2F)s1. The first-order valence-electron chi connectivity index (χ1n) is 5.28. The third kappa shape index (κ3) is 2.33. The number of nitrogen functional groups attached to an aromatic ring is 1. The quantitative estimate of drug-likeness (QED) is 0.820. The summed E-state index contributed by atoms with van der Waals surface area (Å²) >= 11 is 1.27. The van der Waals surface area contributed by atoms with E-state index in [1.165, 1.54) is 29.5 Å². The van der Waals surface area contributed by atoms with E-state index in [0.717, 1.165) is 5.01 Å². The number of nitrogens with zero attached hydrogens (tertiary/aromatic N) is 1. The van der Waals surface area contributed by atoms with Crippen molar-refractivity contribution < 1.29 is 9.18 Å². The lowest BCUT2D eigenvalue weighted by atomic mass is 10.2. The molecule has 0 atom stereocenters. The van der Waals surface area contributed by atoms with E-state index in [4.69, 9.17) is 5.73 Å². The maximum atomic E-state index is 13.5. The van der Waals surface area contributed by atoms with Gasteiger partial charge >= 0.3 is 0 Å². The third-order valence-corrected chi connectivity index (χ3v) is 3.47. The number of aryl methyl sites for hydroxylation is 2. The Labute approximate surface area is 108 Å². The summed E-state index contributed by atoms with van der Waals surface area (Å²) in [6.45, 7) is 3.55. The Morgan fingerprint density at radius 1 is 1.44 bits per heavy atom. The minimum Gasteiger partial charge on any atom is -0.397 e. The molecule has 0 radical (unpaired) electrons. The van der Waals surface area contributed by atoms with Gasteiger partial charge in [0.15, 0.2) is 0 Å². The van der Waals surface area contributed by atoms with Crippen LogP contribution in [0.15, 0.2) is 18.2 Å². The summed E-state index contributed by atoms with van der Waals surface area (Å²) in [7, 11) is 0. The first-order valence-corrected chi connectivity index (χ1v) is 6.10. The van der Waals surface area contributed by atoms with Crippen LogP contribution in [0.5, 0.6) is 0 Å². The molecule has 0 aliphatic carbocycles. The fraction of sp³-hybridized carbons (Fsp3) is 0.167. The second kappa shape index (κ2) is 4.73. The number of halogens is 1. The van der Waals surface area contributed by atoms with Crippen LogP contribution in [0.1, 0.15) is 20.4 Å². The van der Waals surface area contributed by atoms with E-state index in [1.807, 2.05) is 6.92 Å². The van der Waals surface area contributed by atoms with Gasteiger partial charge in [0, 0.05) is 0 Å². The molecule has 18 heavy (non-hydrogen) atoms. The molecule has 94 valence electrons. The van der Waals surface area contributed by atoms with Crippen LogP contribution < -0.4 is 11.1 Å². The summed E-state index contributed by atoms with van der Waals surface area (Å²) in [5, 5.41) is 3.27. The number of nitrogens with two attached hydrogens (primary N) is 1. The molecule has 1 amide bonds. The second-order valence-corrected chi connectivity index (χ2v) is 5.01. The highest BCUT2D eigenvalue weighted by molar-refractivity contribution is 7.13. The molecule has 0 saturated carbocycles. The number of aromatic nitrogens is 1. The smallest absolute Gasteiger partial charge is 0.267 e. The maximum absolute atomic E-state index is 13.5. The van der Waals surface area contributed by atoms with Crippen molar-refractivity contribution in [3.05, 3.63) is 39.6 Å². The fourth-order valence-electron chi connectivity index (χ4n) is 1.58. The zero-order valence-electron chi connectivity index (χ0n) is 9.95.